The van der Waals surface area contributed by atoms with E-state index in [0.717, 1.165) is 0 Å². The molecule has 1 aromatic heterocycles. The van der Waals surface area contributed by atoms with Crippen LogP contribution in [0.1, 0.15) is 38.0 Å². The lowest BCUT2D eigenvalue weighted by atomic mass is 10.2. The van der Waals surface area contributed by atoms with Crippen LogP contribution in [-0.2, 0) is 4.79 Å². The second-order valence-corrected chi connectivity index (χ2v) is 6.60. The molecule has 0 aliphatic rings. The quantitative estimate of drug-likeness (QED) is 0.601. The first-order valence-electron chi connectivity index (χ1n) is 6.65. The molecule has 2 aromatic rings. The minimum absolute atomic E-state index is 0.144. The number of carbonyl (C=O) groups is 1. The third-order valence-corrected chi connectivity index (χ3v) is 4.25. The molecule has 0 spiro atoms. The summed E-state index contributed by atoms with van der Waals surface area (Å²) < 4.78 is 16.1. The highest BCUT2D eigenvalue weighted by molar-refractivity contribution is 14.1. The van der Waals surface area contributed by atoms with Crippen molar-refractivity contribution in [2.24, 2.45) is 0 Å². The van der Waals surface area contributed by atoms with E-state index in [2.05, 4.69) is 10.3 Å². The molecule has 1 heterocycles. The molecule has 114 valence electrons. The van der Waals surface area contributed by atoms with Crippen LogP contribution in [0.4, 0.5) is 4.39 Å². The average Bonchev–Trinajstić information content (AvgIpc) is 2.77. The normalized spacial score (nSPS) is 14.2. The van der Waals surface area contributed by atoms with Crippen molar-refractivity contribution in [1.29, 1.82) is 0 Å². The SMILES string of the molecule is CCNC(=O)C(C)n1c(C(C)Cl)nc2cc(I)c(F)cc21. The average molecular weight is 424 g/mol. The van der Waals surface area contributed by atoms with Gasteiger partial charge in [-0.15, -0.1) is 11.6 Å². The molecule has 2 atom stereocenters. The molecule has 0 aliphatic heterocycles. The Balaban J connectivity index is 2.66. The van der Waals surface area contributed by atoms with Gasteiger partial charge in [-0.1, -0.05) is 0 Å². The number of halogens is 3. The third kappa shape index (κ3) is 3.15. The number of amides is 1. The number of likely N-dealkylation sites (N-methyl/N-ethyl adjacent to an activating group) is 1. The van der Waals surface area contributed by atoms with Crippen molar-refractivity contribution in [1.82, 2.24) is 14.9 Å². The van der Waals surface area contributed by atoms with Gasteiger partial charge in [-0.05, 0) is 49.4 Å². The van der Waals surface area contributed by atoms with Crippen LogP contribution in [0.2, 0.25) is 0 Å². The Bertz CT molecular complexity index is 686. The maximum absolute atomic E-state index is 13.9. The summed E-state index contributed by atoms with van der Waals surface area (Å²) in [4.78, 5) is 16.6. The molecule has 21 heavy (non-hydrogen) atoms. The fraction of sp³-hybridized carbons (Fsp3) is 0.429. The van der Waals surface area contributed by atoms with E-state index in [9.17, 15) is 9.18 Å². The van der Waals surface area contributed by atoms with Crippen molar-refractivity contribution >= 4 is 51.1 Å². The lowest BCUT2D eigenvalue weighted by Gasteiger charge is -2.18. The molecule has 2 unspecified atom stereocenters. The van der Waals surface area contributed by atoms with Crippen molar-refractivity contribution in [2.45, 2.75) is 32.2 Å². The van der Waals surface area contributed by atoms with E-state index in [1.54, 1.807) is 24.5 Å². The van der Waals surface area contributed by atoms with Crippen molar-refractivity contribution in [3.63, 3.8) is 0 Å². The first kappa shape index (κ1) is 16.5. The Morgan fingerprint density at radius 2 is 2.19 bits per heavy atom. The van der Waals surface area contributed by atoms with Gasteiger partial charge in [0.15, 0.2) is 0 Å². The number of hydrogen-bond acceptors (Lipinski definition) is 2. The summed E-state index contributed by atoms with van der Waals surface area (Å²) in [5.74, 6) is 0.0854. The monoisotopic (exact) mass is 423 g/mol. The van der Waals surface area contributed by atoms with E-state index in [1.165, 1.54) is 6.07 Å². The molecule has 0 fully saturated rings. The second kappa shape index (κ2) is 6.48. The summed E-state index contributed by atoms with van der Waals surface area (Å²) in [7, 11) is 0. The van der Waals surface area contributed by atoms with Crippen LogP contribution < -0.4 is 5.32 Å². The zero-order valence-electron chi connectivity index (χ0n) is 12.0. The third-order valence-electron chi connectivity index (χ3n) is 3.23. The van der Waals surface area contributed by atoms with E-state index in [1.807, 2.05) is 29.5 Å². The van der Waals surface area contributed by atoms with Crippen LogP contribution in [-0.4, -0.2) is 22.0 Å². The Kier molecular flexibility index (Phi) is 5.08. The predicted molar refractivity (Wildman–Crippen MR) is 90.1 cm³/mol. The van der Waals surface area contributed by atoms with Crippen LogP contribution in [0.3, 0.4) is 0 Å². The number of fused-ring (bicyclic) bond motifs is 1. The van der Waals surface area contributed by atoms with Gasteiger partial charge in [-0.3, -0.25) is 4.79 Å². The first-order chi connectivity index (χ1) is 9.86. The van der Waals surface area contributed by atoms with E-state index >= 15 is 0 Å². The standard InChI is InChI=1S/C14H16ClFIN3O/c1-4-18-14(21)8(3)20-12-5-9(16)10(17)6-11(12)19-13(20)7(2)15/h5-8H,4H2,1-3H3,(H,18,21). The Labute approximate surface area is 141 Å². The molecule has 4 nitrogen and oxygen atoms in total. The lowest BCUT2D eigenvalue weighted by Crippen LogP contribution is -2.31. The molecule has 0 bridgehead atoms. The zero-order chi connectivity index (χ0) is 15.7. The van der Waals surface area contributed by atoms with Crippen LogP contribution in [0.15, 0.2) is 12.1 Å². The Morgan fingerprint density at radius 3 is 2.76 bits per heavy atom. The Hall–Kier alpha value is -0.890. The molecule has 7 heteroatoms. The number of benzene rings is 1. The molecule has 1 aromatic carbocycles. The van der Waals surface area contributed by atoms with Crippen molar-refractivity contribution in [3.8, 4) is 0 Å². The number of nitrogens with zero attached hydrogens (tertiary/aromatic N) is 2. The van der Waals surface area contributed by atoms with E-state index in [4.69, 9.17) is 11.6 Å². The second-order valence-electron chi connectivity index (χ2n) is 4.78. The van der Waals surface area contributed by atoms with Crippen LogP contribution in [0.5, 0.6) is 0 Å². The summed E-state index contributed by atoms with van der Waals surface area (Å²) in [5.41, 5.74) is 1.22. The number of hydrogen-bond donors (Lipinski definition) is 1. The van der Waals surface area contributed by atoms with Gasteiger partial charge >= 0.3 is 0 Å². The summed E-state index contributed by atoms with van der Waals surface area (Å²) in [6.45, 7) is 5.92. The zero-order valence-corrected chi connectivity index (χ0v) is 14.9. The van der Waals surface area contributed by atoms with Gasteiger partial charge in [-0.2, -0.15) is 0 Å². The van der Waals surface area contributed by atoms with Crippen LogP contribution in [0, 0.1) is 9.39 Å². The van der Waals surface area contributed by atoms with Gasteiger partial charge in [0.05, 0.1) is 20.0 Å². The largest absolute Gasteiger partial charge is 0.355 e. The number of imidazole rings is 1. The van der Waals surface area contributed by atoms with Crippen LogP contribution in [0.25, 0.3) is 11.0 Å². The van der Waals surface area contributed by atoms with E-state index in [0.29, 0.717) is 27.0 Å². The number of nitrogens with one attached hydrogen (secondary N) is 1. The molecular weight excluding hydrogens is 408 g/mol. The fourth-order valence-electron chi connectivity index (χ4n) is 2.24. The topological polar surface area (TPSA) is 46.9 Å². The molecule has 0 aliphatic carbocycles. The number of aromatic nitrogens is 2. The van der Waals surface area contributed by atoms with E-state index < -0.39 is 6.04 Å². The smallest absolute Gasteiger partial charge is 0.242 e. The van der Waals surface area contributed by atoms with Crippen molar-refractivity contribution in [3.05, 3.63) is 27.3 Å². The maximum atomic E-state index is 13.9. The molecule has 1 amide bonds. The van der Waals surface area contributed by atoms with E-state index in [-0.39, 0.29) is 17.1 Å². The molecule has 0 radical (unpaired) electrons. The van der Waals surface area contributed by atoms with Gasteiger partial charge in [0.2, 0.25) is 5.91 Å². The van der Waals surface area contributed by atoms with Crippen molar-refractivity contribution < 1.29 is 9.18 Å². The van der Waals surface area contributed by atoms with Gasteiger partial charge in [0.1, 0.15) is 17.7 Å². The number of rotatable bonds is 4. The highest BCUT2D eigenvalue weighted by Crippen LogP contribution is 2.30. The molecular formula is C14H16ClFIN3O. The molecule has 0 saturated heterocycles. The molecule has 1 N–H and O–H groups in total. The summed E-state index contributed by atoms with van der Waals surface area (Å²) in [6, 6.07) is 2.56. The maximum Gasteiger partial charge on any atom is 0.242 e. The number of carbonyl (C=O) groups excluding carboxylic acids is 1. The predicted octanol–water partition coefficient (Wildman–Crippen LogP) is 3.78. The molecule has 0 saturated carbocycles. The Morgan fingerprint density at radius 1 is 1.52 bits per heavy atom. The van der Waals surface area contributed by atoms with Gasteiger partial charge < -0.3 is 9.88 Å². The molecule has 2 rings (SSSR count). The van der Waals surface area contributed by atoms with Crippen molar-refractivity contribution in [2.75, 3.05) is 6.54 Å². The summed E-state index contributed by atoms with van der Waals surface area (Å²) >= 11 is 8.09. The minimum atomic E-state index is -0.509. The van der Waals surface area contributed by atoms with Gasteiger partial charge in [0.25, 0.3) is 0 Å². The highest BCUT2D eigenvalue weighted by Gasteiger charge is 2.24. The van der Waals surface area contributed by atoms with Crippen LogP contribution >= 0.6 is 34.2 Å². The highest BCUT2D eigenvalue weighted by atomic mass is 127. The minimum Gasteiger partial charge on any atom is -0.355 e. The number of alkyl halides is 1. The van der Waals surface area contributed by atoms with Gasteiger partial charge in [0, 0.05) is 12.6 Å². The fourth-order valence-corrected chi connectivity index (χ4v) is 2.84. The first-order valence-corrected chi connectivity index (χ1v) is 8.17. The summed E-state index contributed by atoms with van der Waals surface area (Å²) in [5, 5.41) is 2.38. The summed E-state index contributed by atoms with van der Waals surface area (Å²) in [6.07, 6.45) is 0. The lowest BCUT2D eigenvalue weighted by molar-refractivity contribution is -0.123. The van der Waals surface area contributed by atoms with Gasteiger partial charge in [-0.25, -0.2) is 9.37 Å².